The minimum Gasteiger partial charge on any atom is -0.306 e. The number of hydrogen-bond acceptors (Lipinski definition) is 2. The van der Waals surface area contributed by atoms with Crippen LogP contribution >= 0.6 is 11.3 Å². The quantitative estimate of drug-likeness (QED) is 0.736. The van der Waals surface area contributed by atoms with E-state index in [1.165, 1.54) is 67.5 Å². The summed E-state index contributed by atoms with van der Waals surface area (Å²) >= 11 is 1.96. The van der Waals surface area contributed by atoms with Crippen LogP contribution in [0.15, 0.2) is 12.1 Å². The molecule has 1 nitrogen and oxygen atoms in total. The van der Waals surface area contributed by atoms with Crippen molar-refractivity contribution in [1.82, 2.24) is 5.32 Å². The highest BCUT2D eigenvalue weighted by molar-refractivity contribution is 7.12. The summed E-state index contributed by atoms with van der Waals surface area (Å²) in [5, 5.41) is 4.01. The summed E-state index contributed by atoms with van der Waals surface area (Å²) in [5.41, 5.74) is 0. The first-order valence-electron chi connectivity index (χ1n) is 9.06. The van der Waals surface area contributed by atoms with Crippen LogP contribution in [0.4, 0.5) is 0 Å². The lowest BCUT2D eigenvalue weighted by molar-refractivity contribution is 0.143. The molecule has 1 aromatic heterocycles. The van der Waals surface area contributed by atoms with Gasteiger partial charge in [0.05, 0.1) is 0 Å². The van der Waals surface area contributed by atoms with E-state index in [9.17, 15) is 0 Å². The lowest BCUT2D eigenvalue weighted by Gasteiger charge is -2.40. The van der Waals surface area contributed by atoms with Crippen molar-refractivity contribution in [2.45, 2.75) is 83.7 Å². The van der Waals surface area contributed by atoms with Crippen molar-refractivity contribution in [3.63, 3.8) is 0 Å². The largest absolute Gasteiger partial charge is 0.306 e. The van der Waals surface area contributed by atoms with Gasteiger partial charge in [0.1, 0.15) is 0 Å². The minimum atomic E-state index is 0.526. The number of thiophene rings is 1. The average molecular weight is 306 g/mol. The molecule has 0 bridgehead atoms. The van der Waals surface area contributed by atoms with E-state index in [-0.39, 0.29) is 0 Å². The van der Waals surface area contributed by atoms with Crippen molar-refractivity contribution in [3.8, 4) is 0 Å². The van der Waals surface area contributed by atoms with Crippen molar-refractivity contribution in [2.75, 3.05) is 0 Å². The molecule has 0 aliphatic heterocycles. The standard InChI is InChI=1S/C19H31NS/c1-14-12-13-19(21-14)15(2)20-18-11-7-6-10-17(18)16-8-4-3-5-9-16/h12-13,15-18,20H,3-11H2,1-2H3. The topological polar surface area (TPSA) is 12.0 Å². The van der Waals surface area contributed by atoms with Gasteiger partial charge in [-0.15, -0.1) is 11.3 Å². The first-order chi connectivity index (χ1) is 10.2. The molecule has 3 unspecified atom stereocenters. The Labute approximate surface area is 134 Å². The van der Waals surface area contributed by atoms with E-state index in [1.807, 2.05) is 11.3 Å². The monoisotopic (exact) mass is 305 g/mol. The van der Waals surface area contributed by atoms with Crippen LogP contribution in [0.5, 0.6) is 0 Å². The van der Waals surface area contributed by atoms with E-state index in [2.05, 4.69) is 31.3 Å². The Bertz CT molecular complexity index is 433. The van der Waals surface area contributed by atoms with Gasteiger partial charge in [-0.25, -0.2) is 0 Å². The lowest BCUT2D eigenvalue weighted by atomic mass is 9.71. The van der Waals surface area contributed by atoms with E-state index in [4.69, 9.17) is 0 Å². The molecule has 0 radical (unpaired) electrons. The average Bonchev–Trinajstić information content (AvgIpc) is 2.95. The maximum Gasteiger partial charge on any atom is 0.0388 e. The third-order valence-electron chi connectivity index (χ3n) is 5.73. The van der Waals surface area contributed by atoms with Crippen LogP contribution in [0.3, 0.4) is 0 Å². The van der Waals surface area contributed by atoms with Gasteiger partial charge < -0.3 is 5.32 Å². The smallest absolute Gasteiger partial charge is 0.0388 e. The van der Waals surface area contributed by atoms with Crippen molar-refractivity contribution in [1.29, 1.82) is 0 Å². The molecule has 0 amide bonds. The Morgan fingerprint density at radius 2 is 1.71 bits per heavy atom. The van der Waals surface area contributed by atoms with Gasteiger partial charge in [-0.3, -0.25) is 0 Å². The molecule has 0 saturated heterocycles. The molecule has 1 aromatic rings. The summed E-state index contributed by atoms with van der Waals surface area (Å²) in [6.45, 7) is 4.57. The zero-order valence-corrected chi connectivity index (χ0v) is 14.6. The molecule has 0 spiro atoms. The van der Waals surface area contributed by atoms with Crippen molar-refractivity contribution >= 4 is 11.3 Å². The van der Waals surface area contributed by atoms with Gasteiger partial charge in [-0.05, 0) is 50.7 Å². The molecule has 1 heterocycles. The van der Waals surface area contributed by atoms with E-state index in [0.717, 1.165) is 17.9 Å². The van der Waals surface area contributed by atoms with Gasteiger partial charge in [-0.1, -0.05) is 44.9 Å². The fourth-order valence-corrected chi connectivity index (χ4v) is 5.47. The van der Waals surface area contributed by atoms with Crippen LogP contribution in [0.25, 0.3) is 0 Å². The first kappa shape index (κ1) is 15.6. The Kier molecular flexibility index (Phi) is 5.39. The second-order valence-corrected chi connectivity index (χ2v) is 8.61. The van der Waals surface area contributed by atoms with Crippen molar-refractivity contribution in [2.24, 2.45) is 11.8 Å². The molecule has 1 N–H and O–H groups in total. The Hall–Kier alpha value is -0.340. The molecule has 2 aliphatic rings. The van der Waals surface area contributed by atoms with Gasteiger partial charge in [0.2, 0.25) is 0 Å². The van der Waals surface area contributed by atoms with Gasteiger partial charge in [-0.2, -0.15) is 0 Å². The van der Waals surface area contributed by atoms with E-state index < -0.39 is 0 Å². The highest BCUT2D eigenvalue weighted by Gasteiger charge is 2.33. The Morgan fingerprint density at radius 3 is 2.43 bits per heavy atom. The molecular weight excluding hydrogens is 274 g/mol. The summed E-state index contributed by atoms with van der Waals surface area (Å²) < 4.78 is 0. The van der Waals surface area contributed by atoms with Crippen molar-refractivity contribution < 1.29 is 0 Å². The molecule has 118 valence electrons. The Morgan fingerprint density at radius 1 is 1.00 bits per heavy atom. The summed E-state index contributed by atoms with van der Waals surface area (Å²) in [6.07, 6.45) is 13.2. The third-order valence-corrected chi connectivity index (χ3v) is 6.91. The minimum absolute atomic E-state index is 0.526. The number of hydrogen-bond donors (Lipinski definition) is 1. The Balaban J connectivity index is 1.63. The molecule has 21 heavy (non-hydrogen) atoms. The highest BCUT2D eigenvalue weighted by atomic mass is 32.1. The number of aryl methyl sites for hydroxylation is 1. The van der Waals surface area contributed by atoms with E-state index in [0.29, 0.717) is 6.04 Å². The first-order valence-corrected chi connectivity index (χ1v) is 9.88. The predicted molar refractivity (Wildman–Crippen MR) is 92.9 cm³/mol. The fraction of sp³-hybridized carbons (Fsp3) is 0.789. The van der Waals surface area contributed by atoms with Gasteiger partial charge in [0.25, 0.3) is 0 Å². The third kappa shape index (κ3) is 3.90. The zero-order chi connectivity index (χ0) is 14.7. The molecule has 2 aliphatic carbocycles. The van der Waals surface area contributed by atoms with Crippen LogP contribution < -0.4 is 5.32 Å². The van der Waals surface area contributed by atoms with Crippen LogP contribution in [-0.4, -0.2) is 6.04 Å². The van der Waals surface area contributed by atoms with Crippen LogP contribution in [0.2, 0.25) is 0 Å². The molecule has 2 saturated carbocycles. The predicted octanol–water partition coefficient (Wildman–Crippen LogP) is 5.85. The number of rotatable bonds is 4. The SMILES string of the molecule is Cc1ccc(C(C)NC2CCCCC2C2CCCCC2)s1. The maximum absolute atomic E-state index is 4.01. The molecular formula is C19H31NS. The van der Waals surface area contributed by atoms with Gasteiger partial charge in [0, 0.05) is 21.8 Å². The lowest BCUT2D eigenvalue weighted by Crippen LogP contribution is -2.43. The molecule has 2 heteroatoms. The fourth-order valence-electron chi connectivity index (χ4n) is 4.58. The summed E-state index contributed by atoms with van der Waals surface area (Å²) in [4.78, 5) is 2.95. The summed E-state index contributed by atoms with van der Waals surface area (Å²) in [6, 6.07) is 5.87. The highest BCUT2D eigenvalue weighted by Crippen LogP contribution is 2.39. The maximum atomic E-state index is 4.01. The van der Waals surface area contributed by atoms with E-state index in [1.54, 1.807) is 0 Å². The molecule has 3 rings (SSSR count). The van der Waals surface area contributed by atoms with Gasteiger partial charge >= 0.3 is 0 Å². The molecule has 2 fully saturated rings. The van der Waals surface area contributed by atoms with Crippen LogP contribution in [0.1, 0.15) is 80.5 Å². The van der Waals surface area contributed by atoms with Crippen LogP contribution in [-0.2, 0) is 0 Å². The van der Waals surface area contributed by atoms with Crippen molar-refractivity contribution in [3.05, 3.63) is 21.9 Å². The summed E-state index contributed by atoms with van der Waals surface area (Å²) in [7, 11) is 0. The van der Waals surface area contributed by atoms with Gasteiger partial charge in [0.15, 0.2) is 0 Å². The second kappa shape index (κ2) is 7.28. The molecule has 0 aromatic carbocycles. The zero-order valence-electron chi connectivity index (χ0n) is 13.7. The molecule has 3 atom stereocenters. The van der Waals surface area contributed by atoms with E-state index >= 15 is 0 Å². The second-order valence-electron chi connectivity index (χ2n) is 7.29. The summed E-state index contributed by atoms with van der Waals surface area (Å²) in [5.74, 6) is 1.95. The normalized spacial score (nSPS) is 29.4. The van der Waals surface area contributed by atoms with Crippen LogP contribution in [0, 0.1) is 18.8 Å². The number of nitrogens with one attached hydrogen (secondary N) is 1.